The van der Waals surface area contributed by atoms with Crippen LogP contribution in [0.2, 0.25) is 0 Å². The number of benzene rings is 2. The number of nitrogens with zero attached hydrogens (tertiary/aromatic N) is 1. The lowest BCUT2D eigenvalue weighted by Gasteiger charge is -2.21. The molecule has 4 nitrogen and oxygen atoms in total. The number of rotatable bonds is 9. The molecule has 0 aromatic heterocycles. The van der Waals surface area contributed by atoms with Crippen LogP contribution in [0, 0.1) is 12.7 Å². The molecule has 0 atom stereocenters. The molecule has 5 heteroatoms. The molecule has 3 N–H and O–H groups in total. The number of nitrogens with one attached hydrogen (secondary N) is 1. The fourth-order valence-electron chi connectivity index (χ4n) is 2.59. The predicted molar refractivity (Wildman–Crippen MR) is 98.6 cm³/mol. The van der Waals surface area contributed by atoms with Gasteiger partial charge in [0, 0.05) is 26.2 Å². The Kier molecular flexibility index (Phi) is 7.57. The third-order valence-electron chi connectivity index (χ3n) is 4.10. The summed E-state index contributed by atoms with van der Waals surface area (Å²) in [7, 11) is 0. The zero-order valence-electron chi connectivity index (χ0n) is 14.7. The van der Waals surface area contributed by atoms with E-state index in [1.54, 1.807) is 13.0 Å². The maximum absolute atomic E-state index is 13.5. The molecule has 2 rings (SSSR count). The van der Waals surface area contributed by atoms with Gasteiger partial charge in [-0.3, -0.25) is 9.69 Å². The van der Waals surface area contributed by atoms with E-state index in [1.165, 1.54) is 11.6 Å². The van der Waals surface area contributed by atoms with Gasteiger partial charge in [-0.15, -0.1) is 0 Å². The smallest absolute Gasteiger partial charge is 0.234 e. The Morgan fingerprint density at radius 3 is 2.56 bits per heavy atom. The van der Waals surface area contributed by atoms with E-state index in [1.807, 2.05) is 29.2 Å². The second-order valence-electron chi connectivity index (χ2n) is 6.16. The summed E-state index contributed by atoms with van der Waals surface area (Å²) < 4.78 is 13.5. The predicted octanol–water partition coefficient (Wildman–Crippen LogP) is 2.25. The number of hydrogen-bond donors (Lipinski definition) is 2. The molecule has 2 aromatic carbocycles. The minimum absolute atomic E-state index is 0.0810. The minimum atomic E-state index is -0.251. The molecule has 2 aromatic rings. The van der Waals surface area contributed by atoms with E-state index in [0.29, 0.717) is 31.7 Å². The lowest BCUT2D eigenvalue weighted by Crippen LogP contribution is -2.40. The zero-order chi connectivity index (χ0) is 18.1. The minimum Gasteiger partial charge on any atom is -0.351 e. The SMILES string of the molecule is Cc1ccc(CNC(=O)CN(CCN)CCc2ccccc2)cc1F. The molecule has 0 aliphatic carbocycles. The number of hydrogen-bond acceptors (Lipinski definition) is 3. The van der Waals surface area contributed by atoms with E-state index in [-0.39, 0.29) is 11.7 Å². The number of aryl methyl sites for hydroxylation is 1. The van der Waals surface area contributed by atoms with Crippen molar-refractivity contribution in [3.05, 3.63) is 71.0 Å². The number of amides is 1. The van der Waals surface area contributed by atoms with Crippen molar-refractivity contribution in [2.75, 3.05) is 26.2 Å². The Morgan fingerprint density at radius 2 is 1.88 bits per heavy atom. The quantitative estimate of drug-likeness (QED) is 0.734. The molecule has 1 amide bonds. The van der Waals surface area contributed by atoms with E-state index in [2.05, 4.69) is 17.4 Å². The Labute approximate surface area is 148 Å². The summed E-state index contributed by atoms with van der Waals surface area (Å²) in [4.78, 5) is 14.2. The van der Waals surface area contributed by atoms with E-state index in [4.69, 9.17) is 5.73 Å². The monoisotopic (exact) mass is 343 g/mol. The van der Waals surface area contributed by atoms with Gasteiger partial charge in [0.2, 0.25) is 5.91 Å². The fourth-order valence-corrected chi connectivity index (χ4v) is 2.59. The number of halogens is 1. The van der Waals surface area contributed by atoms with Crippen LogP contribution in [-0.2, 0) is 17.8 Å². The topological polar surface area (TPSA) is 58.4 Å². The van der Waals surface area contributed by atoms with E-state index in [0.717, 1.165) is 18.5 Å². The molecule has 0 saturated carbocycles. The van der Waals surface area contributed by atoms with Crippen molar-refractivity contribution in [3.8, 4) is 0 Å². The van der Waals surface area contributed by atoms with Gasteiger partial charge < -0.3 is 11.1 Å². The van der Waals surface area contributed by atoms with Gasteiger partial charge >= 0.3 is 0 Å². The lowest BCUT2D eigenvalue weighted by molar-refractivity contribution is -0.122. The van der Waals surface area contributed by atoms with Crippen LogP contribution < -0.4 is 11.1 Å². The van der Waals surface area contributed by atoms with Crippen LogP contribution in [0.3, 0.4) is 0 Å². The molecule has 0 aliphatic rings. The van der Waals surface area contributed by atoms with Crippen molar-refractivity contribution < 1.29 is 9.18 Å². The number of carbonyl (C=O) groups excluding carboxylic acids is 1. The van der Waals surface area contributed by atoms with Crippen LogP contribution >= 0.6 is 0 Å². The molecular formula is C20H26FN3O. The fraction of sp³-hybridized carbons (Fsp3) is 0.350. The Hall–Kier alpha value is -2.24. The average Bonchev–Trinajstić information content (AvgIpc) is 2.62. The molecule has 134 valence electrons. The van der Waals surface area contributed by atoms with Crippen LogP contribution in [0.1, 0.15) is 16.7 Å². The van der Waals surface area contributed by atoms with Crippen LogP contribution in [-0.4, -0.2) is 37.0 Å². The largest absolute Gasteiger partial charge is 0.351 e. The molecular weight excluding hydrogens is 317 g/mol. The van der Waals surface area contributed by atoms with Gasteiger partial charge in [0.05, 0.1) is 6.54 Å². The summed E-state index contributed by atoms with van der Waals surface area (Å²) in [5, 5.41) is 2.84. The van der Waals surface area contributed by atoms with Gasteiger partial charge in [0.1, 0.15) is 5.82 Å². The van der Waals surface area contributed by atoms with Gasteiger partial charge in [0.15, 0.2) is 0 Å². The van der Waals surface area contributed by atoms with Crippen LogP contribution in [0.4, 0.5) is 4.39 Å². The molecule has 0 heterocycles. The zero-order valence-corrected chi connectivity index (χ0v) is 14.7. The Bertz CT molecular complexity index is 676. The highest BCUT2D eigenvalue weighted by molar-refractivity contribution is 5.78. The van der Waals surface area contributed by atoms with Gasteiger partial charge in [-0.25, -0.2) is 4.39 Å². The summed E-state index contributed by atoms with van der Waals surface area (Å²) >= 11 is 0. The number of nitrogens with two attached hydrogens (primary N) is 1. The van der Waals surface area contributed by atoms with Crippen molar-refractivity contribution in [1.29, 1.82) is 0 Å². The Morgan fingerprint density at radius 1 is 1.12 bits per heavy atom. The van der Waals surface area contributed by atoms with Crippen molar-refractivity contribution in [2.45, 2.75) is 19.9 Å². The first-order valence-corrected chi connectivity index (χ1v) is 8.56. The highest BCUT2D eigenvalue weighted by Gasteiger charge is 2.10. The van der Waals surface area contributed by atoms with E-state index < -0.39 is 0 Å². The molecule has 0 bridgehead atoms. The maximum atomic E-state index is 13.5. The van der Waals surface area contributed by atoms with Gasteiger partial charge in [-0.05, 0) is 36.1 Å². The summed E-state index contributed by atoms with van der Waals surface area (Å²) in [5.41, 5.74) is 8.25. The number of carbonyl (C=O) groups is 1. The Balaban J connectivity index is 1.81. The molecule has 0 saturated heterocycles. The first kappa shape index (κ1) is 19.1. The summed E-state index contributed by atoms with van der Waals surface area (Å²) in [6.45, 7) is 4.27. The first-order chi connectivity index (χ1) is 12.1. The molecule has 0 fully saturated rings. The summed E-state index contributed by atoms with van der Waals surface area (Å²) in [6.07, 6.45) is 0.872. The van der Waals surface area contributed by atoms with Gasteiger partial charge in [-0.2, -0.15) is 0 Å². The standard InChI is InChI=1S/C20H26FN3O/c1-16-7-8-18(13-19(16)21)14-23-20(25)15-24(12-10-22)11-9-17-5-3-2-4-6-17/h2-8,13H,9-12,14-15,22H2,1H3,(H,23,25). The third kappa shape index (κ3) is 6.64. The maximum Gasteiger partial charge on any atom is 0.234 e. The van der Waals surface area contributed by atoms with Crippen LogP contribution in [0.25, 0.3) is 0 Å². The van der Waals surface area contributed by atoms with Crippen LogP contribution in [0.5, 0.6) is 0 Å². The van der Waals surface area contributed by atoms with E-state index >= 15 is 0 Å². The molecule has 0 unspecified atom stereocenters. The van der Waals surface area contributed by atoms with Crippen molar-refractivity contribution >= 4 is 5.91 Å². The average molecular weight is 343 g/mol. The van der Waals surface area contributed by atoms with Crippen molar-refractivity contribution in [2.24, 2.45) is 5.73 Å². The summed E-state index contributed by atoms with van der Waals surface area (Å²) in [5.74, 6) is -0.332. The second-order valence-corrected chi connectivity index (χ2v) is 6.16. The highest BCUT2D eigenvalue weighted by Crippen LogP contribution is 2.09. The molecule has 0 aliphatic heterocycles. The normalized spacial score (nSPS) is 10.9. The molecule has 0 radical (unpaired) electrons. The molecule has 0 spiro atoms. The van der Waals surface area contributed by atoms with Crippen molar-refractivity contribution in [1.82, 2.24) is 10.2 Å². The first-order valence-electron chi connectivity index (χ1n) is 8.56. The van der Waals surface area contributed by atoms with E-state index in [9.17, 15) is 9.18 Å². The second kappa shape index (κ2) is 9.91. The summed E-state index contributed by atoms with van der Waals surface area (Å²) in [6, 6.07) is 15.2. The highest BCUT2D eigenvalue weighted by atomic mass is 19.1. The van der Waals surface area contributed by atoms with Crippen LogP contribution in [0.15, 0.2) is 48.5 Å². The van der Waals surface area contributed by atoms with Gasteiger partial charge in [0.25, 0.3) is 0 Å². The molecule has 25 heavy (non-hydrogen) atoms. The third-order valence-corrected chi connectivity index (χ3v) is 4.10. The van der Waals surface area contributed by atoms with Crippen molar-refractivity contribution in [3.63, 3.8) is 0 Å². The van der Waals surface area contributed by atoms with Gasteiger partial charge in [-0.1, -0.05) is 42.5 Å². The lowest BCUT2D eigenvalue weighted by atomic mass is 10.1.